The van der Waals surface area contributed by atoms with Gasteiger partial charge >= 0.3 is 51.5 Å². The summed E-state index contributed by atoms with van der Waals surface area (Å²) in [4.78, 5) is 23.2. The van der Waals surface area contributed by atoms with Gasteiger partial charge in [0.15, 0.2) is 5.78 Å². The van der Waals surface area contributed by atoms with Gasteiger partial charge in [-0.15, -0.1) is 0 Å². The zero-order chi connectivity index (χ0) is 13.8. The van der Waals surface area contributed by atoms with Crippen molar-refractivity contribution >= 4 is 57.2 Å². The minimum absolute atomic E-state index is 0. The third kappa shape index (κ3) is 4.03. The number of hydrogen-bond acceptors (Lipinski definition) is 2. The topological polar surface area (TPSA) is 54.4 Å². The van der Waals surface area contributed by atoms with Gasteiger partial charge in [0.25, 0.3) is 0 Å². The molecular formula is C16H16O3Sr. The average molecular weight is 344 g/mol. The molecule has 0 bridgehead atoms. The summed E-state index contributed by atoms with van der Waals surface area (Å²) in [5.41, 5.74) is 1.74. The van der Waals surface area contributed by atoms with Crippen LogP contribution >= 0.6 is 0 Å². The van der Waals surface area contributed by atoms with Crippen molar-refractivity contribution in [3.05, 3.63) is 71.3 Å². The number of aliphatic carboxylic acids is 1. The molecule has 1 atom stereocenters. The van der Waals surface area contributed by atoms with Crippen molar-refractivity contribution in [1.82, 2.24) is 0 Å². The van der Waals surface area contributed by atoms with Crippen molar-refractivity contribution < 1.29 is 14.7 Å². The molecule has 20 heavy (non-hydrogen) atoms. The van der Waals surface area contributed by atoms with Gasteiger partial charge in [0, 0.05) is 11.1 Å². The second kappa shape index (κ2) is 7.74. The number of carboxylic acids is 1. The van der Waals surface area contributed by atoms with Crippen molar-refractivity contribution in [2.24, 2.45) is 0 Å². The van der Waals surface area contributed by atoms with Crippen LogP contribution in [0.5, 0.6) is 0 Å². The monoisotopic (exact) mass is 344 g/mol. The quantitative estimate of drug-likeness (QED) is 0.684. The van der Waals surface area contributed by atoms with Crippen LogP contribution in [0.25, 0.3) is 0 Å². The van der Waals surface area contributed by atoms with Gasteiger partial charge in [0.1, 0.15) is 0 Å². The molecule has 2 aromatic rings. The molecule has 100 valence electrons. The molecule has 0 aliphatic carbocycles. The van der Waals surface area contributed by atoms with Crippen LogP contribution in [0, 0.1) is 0 Å². The molecule has 4 heteroatoms. The Labute approximate surface area is 154 Å². The van der Waals surface area contributed by atoms with Crippen LogP contribution in [0.2, 0.25) is 0 Å². The van der Waals surface area contributed by atoms with Crippen molar-refractivity contribution in [2.75, 3.05) is 0 Å². The predicted octanol–water partition coefficient (Wildman–Crippen LogP) is 2.19. The van der Waals surface area contributed by atoms with Gasteiger partial charge in [-0.1, -0.05) is 48.5 Å². The molecule has 0 saturated heterocycles. The van der Waals surface area contributed by atoms with Gasteiger partial charge in [0.2, 0.25) is 0 Å². The Hall–Kier alpha value is -0.939. The Bertz CT molecular complexity index is 608. The molecule has 0 saturated carbocycles. The number of hydrogen-bond donors (Lipinski definition) is 1. The zero-order valence-electron chi connectivity index (χ0n) is 10.5. The van der Waals surface area contributed by atoms with Crippen molar-refractivity contribution in [1.29, 1.82) is 0 Å². The van der Waals surface area contributed by atoms with Gasteiger partial charge in [-0.3, -0.25) is 9.59 Å². The predicted molar refractivity (Wildman–Crippen MR) is 80.9 cm³/mol. The SMILES string of the molecule is CC(C(=O)O)c1cccc(C(=O)c2ccccc2)c1.[SrH2]. The Morgan fingerprint density at radius 1 is 0.950 bits per heavy atom. The van der Waals surface area contributed by atoms with E-state index in [2.05, 4.69) is 0 Å². The molecule has 0 radical (unpaired) electrons. The van der Waals surface area contributed by atoms with Crippen LogP contribution in [0.15, 0.2) is 54.6 Å². The first-order valence-corrected chi connectivity index (χ1v) is 6.02. The van der Waals surface area contributed by atoms with E-state index in [4.69, 9.17) is 5.11 Å². The van der Waals surface area contributed by atoms with E-state index in [1.54, 1.807) is 55.5 Å². The third-order valence-electron chi connectivity index (χ3n) is 3.06. The summed E-state index contributed by atoms with van der Waals surface area (Å²) >= 11 is 0. The third-order valence-corrected chi connectivity index (χ3v) is 3.06. The Morgan fingerprint density at radius 3 is 2.15 bits per heavy atom. The first kappa shape index (κ1) is 17.1. The van der Waals surface area contributed by atoms with E-state index in [1.807, 2.05) is 6.07 Å². The normalized spacial score (nSPS) is 11.2. The van der Waals surface area contributed by atoms with Crippen LogP contribution < -0.4 is 0 Å². The zero-order valence-corrected chi connectivity index (χ0v) is 10.5. The van der Waals surface area contributed by atoms with Gasteiger partial charge in [-0.05, 0) is 18.6 Å². The molecule has 0 aromatic heterocycles. The first-order chi connectivity index (χ1) is 9.09. The molecule has 2 aromatic carbocycles. The maximum absolute atomic E-state index is 12.2. The molecule has 0 aliphatic heterocycles. The van der Waals surface area contributed by atoms with Crippen LogP contribution in [0.3, 0.4) is 0 Å². The number of benzene rings is 2. The van der Waals surface area contributed by atoms with E-state index < -0.39 is 11.9 Å². The fraction of sp³-hybridized carbons (Fsp3) is 0.125. The number of carboxylic acid groups (broad SMARTS) is 1. The Kier molecular flexibility index (Phi) is 6.62. The van der Waals surface area contributed by atoms with E-state index in [9.17, 15) is 9.59 Å². The summed E-state index contributed by atoms with van der Waals surface area (Å²) in [5.74, 6) is -1.62. The minimum atomic E-state index is -0.899. The second-order valence-corrected chi connectivity index (χ2v) is 4.38. The van der Waals surface area contributed by atoms with Crippen molar-refractivity contribution in [3.8, 4) is 0 Å². The van der Waals surface area contributed by atoms with Crippen LogP contribution in [-0.4, -0.2) is 62.3 Å². The van der Waals surface area contributed by atoms with E-state index in [0.29, 0.717) is 16.7 Å². The van der Waals surface area contributed by atoms with E-state index in [-0.39, 0.29) is 51.3 Å². The standard InChI is InChI=1S/C16H14O3.Sr.2H/c1-11(16(18)19)13-8-5-9-14(10-13)15(17)12-6-3-2-4-7-12;;;/h2-11H,1H3,(H,18,19);;;. The second-order valence-electron chi connectivity index (χ2n) is 4.38. The average Bonchev–Trinajstić information content (AvgIpc) is 2.46. The number of rotatable bonds is 4. The number of carbonyl (C=O) groups is 2. The molecule has 1 N–H and O–H groups in total. The summed E-state index contributed by atoms with van der Waals surface area (Å²) in [6.07, 6.45) is 0. The molecule has 2 rings (SSSR count). The molecular weight excluding hydrogens is 328 g/mol. The molecule has 0 spiro atoms. The summed E-state index contributed by atoms with van der Waals surface area (Å²) in [5, 5.41) is 9.00. The van der Waals surface area contributed by atoms with E-state index >= 15 is 0 Å². The van der Waals surface area contributed by atoms with E-state index in [0.717, 1.165) is 0 Å². The summed E-state index contributed by atoms with van der Waals surface area (Å²) in [6, 6.07) is 15.7. The van der Waals surface area contributed by atoms with Gasteiger partial charge in [-0.2, -0.15) is 0 Å². The van der Waals surface area contributed by atoms with Crippen molar-refractivity contribution in [3.63, 3.8) is 0 Å². The number of carbonyl (C=O) groups excluding carboxylic acids is 1. The van der Waals surface area contributed by atoms with Crippen LogP contribution in [0.1, 0.15) is 34.3 Å². The maximum atomic E-state index is 12.2. The van der Waals surface area contributed by atoms with Gasteiger partial charge in [-0.25, -0.2) is 0 Å². The Balaban J connectivity index is 0.00000200. The molecule has 3 nitrogen and oxygen atoms in total. The van der Waals surface area contributed by atoms with Gasteiger partial charge < -0.3 is 5.11 Å². The summed E-state index contributed by atoms with van der Waals surface area (Å²) < 4.78 is 0. The molecule has 0 heterocycles. The van der Waals surface area contributed by atoms with Crippen LogP contribution in [0.4, 0.5) is 0 Å². The molecule has 0 amide bonds. The summed E-state index contributed by atoms with van der Waals surface area (Å²) in [7, 11) is 0. The fourth-order valence-corrected chi connectivity index (χ4v) is 1.85. The summed E-state index contributed by atoms with van der Waals surface area (Å²) in [6.45, 7) is 1.61. The van der Waals surface area contributed by atoms with Crippen LogP contribution in [-0.2, 0) is 4.79 Å². The Morgan fingerprint density at radius 2 is 1.55 bits per heavy atom. The van der Waals surface area contributed by atoms with Crippen molar-refractivity contribution in [2.45, 2.75) is 12.8 Å². The molecule has 0 aliphatic rings. The first-order valence-electron chi connectivity index (χ1n) is 6.02. The van der Waals surface area contributed by atoms with E-state index in [1.165, 1.54) is 0 Å². The van der Waals surface area contributed by atoms with Gasteiger partial charge in [0.05, 0.1) is 5.92 Å². The molecule has 1 unspecified atom stereocenters. The molecule has 0 fully saturated rings. The fourth-order valence-electron chi connectivity index (χ4n) is 1.85. The number of ketones is 1.